The third-order valence-corrected chi connectivity index (χ3v) is 3.23. The number of likely N-dealkylation sites (N-methyl/N-ethyl adjacent to an activating group) is 1. The van der Waals surface area contributed by atoms with E-state index in [1.807, 2.05) is 0 Å². The highest BCUT2D eigenvalue weighted by Crippen LogP contribution is 2.10. The quantitative estimate of drug-likeness (QED) is 0.618. The van der Waals surface area contributed by atoms with E-state index in [0.717, 1.165) is 31.8 Å². The Labute approximate surface area is 108 Å². The van der Waals surface area contributed by atoms with Gasteiger partial charge in [-0.15, -0.1) is 0 Å². The average molecular weight is 244 g/mol. The van der Waals surface area contributed by atoms with Gasteiger partial charge in [-0.1, -0.05) is 20.8 Å². The number of aliphatic hydroxyl groups is 1. The van der Waals surface area contributed by atoms with Gasteiger partial charge in [0.2, 0.25) is 0 Å². The molecule has 0 saturated heterocycles. The molecular formula is C14H32N2O. The number of nitrogens with zero attached hydrogens (tertiary/aromatic N) is 1. The standard InChI is InChI=1S/C14H32N2O/c1-6-8-15-14(7-9-17)11-16(5)13(4)10-12(2)3/h12-15,17H,6-11H2,1-5H3. The minimum Gasteiger partial charge on any atom is -0.396 e. The minimum absolute atomic E-state index is 0.272. The fourth-order valence-electron chi connectivity index (χ4n) is 2.15. The van der Waals surface area contributed by atoms with E-state index in [0.29, 0.717) is 12.1 Å². The molecule has 0 radical (unpaired) electrons. The number of hydrogen-bond donors (Lipinski definition) is 2. The Bertz CT molecular complexity index is 174. The Balaban J connectivity index is 4.04. The average Bonchev–Trinajstić information content (AvgIpc) is 2.25. The van der Waals surface area contributed by atoms with E-state index < -0.39 is 0 Å². The van der Waals surface area contributed by atoms with Crippen molar-refractivity contribution in [3.05, 3.63) is 0 Å². The number of rotatable bonds is 10. The second-order valence-electron chi connectivity index (χ2n) is 5.58. The highest BCUT2D eigenvalue weighted by atomic mass is 16.3. The molecule has 0 bridgehead atoms. The van der Waals surface area contributed by atoms with Gasteiger partial charge < -0.3 is 15.3 Å². The maximum absolute atomic E-state index is 9.07. The monoisotopic (exact) mass is 244 g/mol. The summed E-state index contributed by atoms with van der Waals surface area (Å²) in [6, 6.07) is 1.03. The van der Waals surface area contributed by atoms with Gasteiger partial charge in [-0.2, -0.15) is 0 Å². The lowest BCUT2D eigenvalue weighted by Crippen LogP contribution is -2.43. The SMILES string of the molecule is CCCNC(CCO)CN(C)C(C)CC(C)C. The van der Waals surface area contributed by atoms with Crippen LogP contribution in [0.4, 0.5) is 0 Å². The van der Waals surface area contributed by atoms with Crippen molar-refractivity contribution in [2.75, 3.05) is 26.7 Å². The Morgan fingerprint density at radius 2 is 1.88 bits per heavy atom. The first-order chi connectivity index (χ1) is 8.01. The van der Waals surface area contributed by atoms with Crippen LogP contribution in [0.15, 0.2) is 0 Å². The van der Waals surface area contributed by atoms with Crippen LogP contribution in [-0.2, 0) is 0 Å². The van der Waals surface area contributed by atoms with Crippen LogP contribution in [0.3, 0.4) is 0 Å². The van der Waals surface area contributed by atoms with Crippen LogP contribution in [0.25, 0.3) is 0 Å². The molecule has 0 aliphatic heterocycles. The summed E-state index contributed by atoms with van der Waals surface area (Å²) in [6.45, 7) is 11.3. The van der Waals surface area contributed by atoms with E-state index in [1.54, 1.807) is 0 Å². The van der Waals surface area contributed by atoms with Gasteiger partial charge in [-0.3, -0.25) is 0 Å². The summed E-state index contributed by atoms with van der Waals surface area (Å²) in [5.74, 6) is 0.743. The molecule has 0 aliphatic rings. The number of nitrogens with one attached hydrogen (secondary N) is 1. The van der Waals surface area contributed by atoms with Crippen molar-refractivity contribution < 1.29 is 5.11 Å². The second kappa shape index (κ2) is 9.86. The third kappa shape index (κ3) is 8.58. The maximum atomic E-state index is 9.07. The molecule has 3 nitrogen and oxygen atoms in total. The molecule has 0 aliphatic carbocycles. The van der Waals surface area contributed by atoms with Crippen LogP contribution in [0.2, 0.25) is 0 Å². The van der Waals surface area contributed by atoms with Crippen molar-refractivity contribution in [1.82, 2.24) is 10.2 Å². The van der Waals surface area contributed by atoms with Gasteiger partial charge in [0.15, 0.2) is 0 Å². The summed E-state index contributed by atoms with van der Waals surface area (Å²) >= 11 is 0. The Morgan fingerprint density at radius 3 is 2.35 bits per heavy atom. The first-order valence-corrected chi connectivity index (χ1v) is 7.05. The van der Waals surface area contributed by atoms with Crippen molar-refractivity contribution >= 4 is 0 Å². The van der Waals surface area contributed by atoms with Crippen molar-refractivity contribution in [3.63, 3.8) is 0 Å². The van der Waals surface area contributed by atoms with Gasteiger partial charge in [-0.25, -0.2) is 0 Å². The predicted octanol–water partition coefficient (Wildman–Crippen LogP) is 2.10. The Morgan fingerprint density at radius 1 is 1.24 bits per heavy atom. The molecule has 0 fully saturated rings. The van der Waals surface area contributed by atoms with E-state index in [1.165, 1.54) is 6.42 Å². The van der Waals surface area contributed by atoms with E-state index in [4.69, 9.17) is 5.11 Å². The summed E-state index contributed by atoms with van der Waals surface area (Å²) in [6.07, 6.45) is 3.22. The van der Waals surface area contributed by atoms with Gasteiger partial charge in [0, 0.05) is 25.2 Å². The summed E-state index contributed by atoms with van der Waals surface area (Å²) in [7, 11) is 2.19. The molecule has 0 amide bonds. The zero-order chi connectivity index (χ0) is 13.3. The smallest absolute Gasteiger partial charge is 0.0446 e. The van der Waals surface area contributed by atoms with Crippen LogP contribution in [0.1, 0.15) is 47.0 Å². The van der Waals surface area contributed by atoms with Crippen molar-refractivity contribution in [1.29, 1.82) is 0 Å². The van der Waals surface area contributed by atoms with Crippen LogP contribution < -0.4 is 5.32 Å². The van der Waals surface area contributed by atoms with E-state index in [2.05, 4.69) is 45.0 Å². The molecule has 2 unspecified atom stereocenters. The van der Waals surface area contributed by atoms with Crippen LogP contribution >= 0.6 is 0 Å². The van der Waals surface area contributed by atoms with E-state index >= 15 is 0 Å². The third-order valence-electron chi connectivity index (χ3n) is 3.23. The van der Waals surface area contributed by atoms with E-state index in [9.17, 15) is 0 Å². The summed E-state index contributed by atoms with van der Waals surface area (Å²) in [4.78, 5) is 2.41. The molecule has 3 heteroatoms. The van der Waals surface area contributed by atoms with Crippen molar-refractivity contribution in [2.45, 2.75) is 59.0 Å². The zero-order valence-electron chi connectivity index (χ0n) is 12.4. The second-order valence-corrected chi connectivity index (χ2v) is 5.58. The molecule has 104 valence electrons. The first-order valence-electron chi connectivity index (χ1n) is 7.05. The number of hydrogen-bond acceptors (Lipinski definition) is 3. The van der Waals surface area contributed by atoms with Crippen LogP contribution in [0.5, 0.6) is 0 Å². The summed E-state index contributed by atoms with van der Waals surface area (Å²) in [5, 5.41) is 12.6. The lowest BCUT2D eigenvalue weighted by Gasteiger charge is -2.30. The normalized spacial score (nSPS) is 15.5. The predicted molar refractivity (Wildman–Crippen MR) is 75.3 cm³/mol. The molecule has 0 aromatic heterocycles. The molecule has 0 aromatic rings. The van der Waals surface area contributed by atoms with Crippen LogP contribution in [0, 0.1) is 5.92 Å². The fraction of sp³-hybridized carbons (Fsp3) is 1.00. The Kier molecular flexibility index (Phi) is 9.79. The Hall–Kier alpha value is -0.120. The van der Waals surface area contributed by atoms with Gasteiger partial charge in [0.25, 0.3) is 0 Å². The summed E-state index contributed by atoms with van der Waals surface area (Å²) < 4.78 is 0. The lowest BCUT2D eigenvalue weighted by molar-refractivity contribution is 0.185. The molecule has 0 aromatic carbocycles. The summed E-state index contributed by atoms with van der Waals surface area (Å²) in [5.41, 5.74) is 0. The topological polar surface area (TPSA) is 35.5 Å². The molecule has 0 rings (SSSR count). The first kappa shape index (κ1) is 16.9. The molecule has 17 heavy (non-hydrogen) atoms. The van der Waals surface area contributed by atoms with Gasteiger partial charge in [-0.05, 0) is 45.7 Å². The molecular weight excluding hydrogens is 212 g/mol. The largest absolute Gasteiger partial charge is 0.396 e. The van der Waals surface area contributed by atoms with Gasteiger partial charge in [0.1, 0.15) is 0 Å². The molecule has 2 N–H and O–H groups in total. The highest BCUT2D eigenvalue weighted by Gasteiger charge is 2.15. The fourth-order valence-corrected chi connectivity index (χ4v) is 2.15. The molecule has 0 spiro atoms. The van der Waals surface area contributed by atoms with Gasteiger partial charge >= 0.3 is 0 Å². The number of aliphatic hydroxyl groups excluding tert-OH is 1. The lowest BCUT2D eigenvalue weighted by atomic mass is 10.0. The van der Waals surface area contributed by atoms with Crippen molar-refractivity contribution in [3.8, 4) is 0 Å². The minimum atomic E-state index is 0.272. The maximum Gasteiger partial charge on any atom is 0.0446 e. The van der Waals surface area contributed by atoms with Crippen LogP contribution in [-0.4, -0.2) is 48.8 Å². The van der Waals surface area contributed by atoms with E-state index in [-0.39, 0.29) is 6.61 Å². The molecule has 0 heterocycles. The highest BCUT2D eigenvalue weighted by molar-refractivity contribution is 4.74. The molecule has 0 saturated carbocycles. The van der Waals surface area contributed by atoms with Gasteiger partial charge in [0.05, 0.1) is 0 Å². The van der Waals surface area contributed by atoms with Crippen molar-refractivity contribution in [2.24, 2.45) is 5.92 Å². The molecule has 2 atom stereocenters. The zero-order valence-corrected chi connectivity index (χ0v) is 12.4.